The van der Waals surface area contributed by atoms with E-state index in [0.717, 1.165) is 48.3 Å². The van der Waals surface area contributed by atoms with Gasteiger partial charge in [-0.05, 0) is 46.5 Å². The second-order valence-electron chi connectivity index (χ2n) is 6.83. The number of ether oxygens (including phenoxy) is 1. The van der Waals surface area contributed by atoms with Crippen LogP contribution < -0.4 is 10.1 Å². The van der Waals surface area contributed by atoms with Crippen LogP contribution >= 0.6 is 15.9 Å². The Hall–Kier alpha value is -1.60. The van der Waals surface area contributed by atoms with Crippen LogP contribution in [0.1, 0.15) is 31.7 Å². The van der Waals surface area contributed by atoms with Crippen molar-refractivity contribution in [3.8, 4) is 5.75 Å². The van der Waals surface area contributed by atoms with Gasteiger partial charge in [-0.1, -0.05) is 19.4 Å². The summed E-state index contributed by atoms with van der Waals surface area (Å²) in [6, 6.07) is 5.90. The minimum Gasteiger partial charge on any atom is -0.496 e. The quantitative estimate of drug-likeness (QED) is 0.600. The largest absolute Gasteiger partial charge is 0.496 e. The van der Waals surface area contributed by atoms with Gasteiger partial charge in [-0.15, -0.1) is 0 Å². The molecule has 0 aromatic heterocycles. The van der Waals surface area contributed by atoms with E-state index < -0.39 is 0 Å². The van der Waals surface area contributed by atoms with E-state index in [1.54, 1.807) is 7.11 Å². The van der Waals surface area contributed by atoms with E-state index in [0.29, 0.717) is 32.5 Å². The maximum absolute atomic E-state index is 12.5. The maximum Gasteiger partial charge on any atom is 0.234 e. The lowest BCUT2D eigenvalue weighted by molar-refractivity contribution is -0.133. The Kier molecular flexibility index (Phi) is 9.07. The standard InChI is InChI=1S/C20H30BrN3O3/c1-3-4-9-22-19(25)15-23-10-12-24(13-11-23)20(26)8-6-16-5-7-18(27-2)17(21)14-16/h5,7,14H,3-4,6,8-13,15H2,1-2H3,(H,22,25). The van der Waals surface area contributed by atoms with Crippen molar-refractivity contribution in [3.05, 3.63) is 28.2 Å². The van der Waals surface area contributed by atoms with Crippen LogP contribution in [0.4, 0.5) is 0 Å². The molecule has 150 valence electrons. The third-order valence-corrected chi connectivity index (χ3v) is 5.41. The van der Waals surface area contributed by atoms with Crippen molar-refractivity contribution in [1.82, 2.24) is 15.1 Å². The number of hydrogen-bond donors (Lipinski definition) is 1. The van der Waals surface area contributed by atoms with Crippen molar-refractivity contribution in [2.24, 2.45) is 0 Å². The molecule has 2 rings (SSSR count). The number of carbonyl (C=O) groups excluding carboxylic acids is 2. The Morgan fingerprint density at radius 2 is 1.96 bits per heavy atom. The number of aryl methyl sites for hydroxylation is 1. The molecule has 1 aliphatic rings. The molecule has 1 heterocycles. The Bertz CT molecular complexity index is 631. The van der Waals surface area contributed by atoms with Gasteiger partial charge in [0.05, 0.1) is 18.1 Å². The molecule has 27 heavy (non-hydrogen) atoms. The highest BCUT2D eigenvalue weighted by Crippen LogP contribution is 2.26. The van der Waals surface area contributed by atoms with Crippen LogP contribution in [0.3, 0.4) is 0 Å². The number of unbranched alkanes of at least 4 members (excludes halogenated alkanes) is 1. The Morgan fingerprint density at radius 3 is 2.59 bits per heavy atom. The number of nitrogens with one attached hydrogen (secondary N) is 1. The van der Waals surface area contributed by atoms with Crippen molar-refractivity contribution < 1.29 is 14.3 Å². The molecular weight excluding hydrogens is 410 g/mol. The molecule has 1 N–H and O–H groups in total. The number of amides is 2. The summed E-state index contributed by atoms with van der Waals surface area (Å²) in [7, 11) is 1.64. The number of halogens is 1. The molecule has 1 fully saturated rings. The number of piperazine rings is 1. The highest BCUT2D eigenvalue weighted by atomic mass is 79.9. The molecule has 6 nitrogen and oxygen atoms in total. The molecule has 1 saturated heterocycles. The summed E-state index contributed by atoms with van der Waals surface area (Å²) in [4.78, 5) is 28.4. The lowest BCUT2D eigenvalue weighted by Crippen LogP contribution is -2.51. The molecule has 0 aliphatic carbocycles. The molecule has 1 aliphatic heterocycles. The van der Waals surface area contributed by atoms with Crippen LogP contribution in [0.25, 0.3) is 0 Å². The van der Waals surface area contributed by atoms with Crippen molar-refractivity contribution in [3.63, 3.8) is 0 Å². The highest BCUT2D eigenvalue weighted by molar-refractivity contribution is 9.10. The first-order valence-electron chi connectivity index (χ1n) is 9.62. The SMILES string of the molecule is CCCCNC(=O)CN1CCN(C(=O)CCc2ccc(OC)c(Br)c2)CC1. The third kappa shape index (κ3) is 7.14. The minimum atomic E-state index is 0.0771. The molecule has 2 amide bonds. The van der Waals surface area contributed by atoms with Gasteiger partial charge in [-0.25, -0.2) is 0 Å². The van der Waals surface area contributed by atoms with Crippen molar-refractivity contribution >= 4 is 27.7 Å². The monoisotopic (exact) mass is 439 g/mol. The third-order valence-electron chi connectivity index (χ3n) is 4.79. The van der Waals surface area contributed by atoms with Crippen molar-refractivity contribution in [2.45, 2.75) is 32.6 Å². The summed E-state index contributed by atoms with van der Waals surface area (Å²) in [5.74, 6) is 1.04. The van der Waals surface area contributed by atoms with Gasteiger partial charge in [0.15, 0.2) is 0 Å². The van der Waals surface area contributed by atoms with Crippen LogP contribution in [-0.4, -0.2) is 68.0 Å². The number of nitrogens with zero attached hydrogens (tertiary/aromatic N) is 2. The van der Waals surface area contributed by atoms with Gasteiger partial charge in [-0.2, -0.15) is 0 Å². The number of hydrogen-bond acceptors (Lipinski definition) is 4. The van der Waals surface area contributed by atoms with Crippen molar-refractivity contribution in [1.29, 1.82) is 0 Å². The lowest BCUT2D eigenvalue weighted by atomic mass is 10.1. The summed E-state index contributed by atoms with van der Waals surface area (Å²) in [6.07, 6.45) is 3.30. The van der Waals surface area contributed by atoms with E-state index in [4.69, 9.17) is 4.74 Å². The number of rotatable bonds is 9. The normalized spacial score (nSPS) is 14.9. The fraction of sp³-hybridized carbons (Fsp3) is 0.600. The van der Waals surface area contributed by atoms with Gasteiger partial charge in [-0.3, -0.25) is 14.5 Å². The van der Waals surface area contributed by atoms with Crippen LogP contribution in [-0.2, 0) is 16.0 Å². The van der Waals surface area contributed by atoms with Crippen molar-refractivity contribution in [2.75, 3.05) is 46.4 Å². The van der Waals surface area contributed by atoms with E-state index in [1.165, 1.54) is 0 Å². The van der Waals surface area contributed by atoms with Crippen LogP contribution in [0.2, 0.25) is 0 Å². The first kappa shape index (κ1) is 21.7. The molecule has 0 saturated carbocycles. The average molecular weight is 440 g/mol. The molecule has 0 radical (unpaired) electrons. The first-order valence-corrected chi connectivity index (χ1v) is 10.4. The van der Waals surface area contributed by atoms with Crippen LogP contribution in [0, 0.1) is 0 Å². The highest BCUT2D eigenvalue weighted by Gasteiger charge is 2.22. The van der Waals surface area contributed by atoms with E-state index in [2.05, 4.69) is 33.1 Å². The molecular formula is C20H30BrN3O3. The zero-order valence-electron chi connectivity index (χ0n) is 16.3. The predicted molar refractivity (Wildman–Crippen MR) is 110 cm³/mol. The number of methoxy groups -OCH3 is 1. The fourth-order valence-electron chi connectivity index (χ4n) is 3.09. The molecule has 0 spiro atoms. The van der Waals surface area contributed by atoms with E-state index in [-0.39, 0.29) is 11.8 Å². The second kappa shape index (κ2) is 11.3. The summed E-state index contributed by atoms with van der Waals surface area (Å²) in [5.41, 5.74) is 1.11. The van der Waals surface area contributed by atoms with E-state index in [9.17, 15) is 9.59 Å². The van der Waals surface area contributed by atoms with Crippen LogP contribution in [0.15, 0.2) is 22.7 Å². The fourth-order valence-corrected chi connectivity index (χ4v) is 3.68. The molecule has 7 heteroatoms. The molecule has 1 aromatic rings. The van der Waals surface area contributed by atoms with Gasteiger partial charge >= 0.3 is 0 Å². The van der Waals surface area contributed by atoms with Gasteiger partial charge in [0.25, 0.3) is 0 Å². The second-order valence-corrected chi connectivity index (χ2v) is 7.68. The average Bonchev–Trinajstić information content (AvgIpc) is 2.67. The smallest absolute Gasteiger partial charge is 0.234 e. The van der Waals surface area contributed by atoms with E-state index in [1.807, 2.05) is 23.1 Å². The van der Waals surface area contributed by atoms with Crippen LogP contribution in [0.5, 0.6) is 5.75 Å². The lowest BCUT2D eigenvalue weighted by Gasteiger charge is -2.34. The number of benzene rings is 1. The summed E-state index contributed by atoms with van der Waals surface area (Å²) in [6.45, 7) is 6.15. The van der Waals surface area contributed by atoms with E-state index >= 15 is 0 Å². The topological polar surface area (TPSA) is 61.9 Å². The predicted octanol–water partition coefficient (Wildman–Crippen LogP) is 2.45. The summed E-state index contributed by atoms with van der Waals surface area (Å²) < 4.78 is 6.13. The minimum absolute atomic E-state index is 0.0771. The first-order chi connectivity index (χ1) is 13.0. The Morgan fingerprint density at radius 1 is 1.22 bits per heavy atom. The van der Waals surface area contributed by atoms with Gasteiger partial charge in [0.1, 0.15) is 5.75 Å². The summed E-state index contributed by atoms with van der Waals surface area (Å²) >= 11 is 3.48. The zero-order chi connectivity index (χ0) is 19.6. The molecule has 0 atom stereocenters. The number of carbonyl (C=O) groups is 2. The summed E-state index contributed by atoms with van der Waals surface area (Å²) in [5, 5.41) is 2.94. The zero-order valence-corrected chi connectivity index (χ0v) is 17.9. The maximum atomic E-state index is 12.5. The Labute approximate surface area is 170 Å². The van der Waals surface area contributed by atoms with Gasteiger partial charge < -0.3 is 15.0 Å². The van der Waals surface area contributed by atoms with Gasteiger partial charge in [0, 0.05) is 39.1 Å². The Balaban J connectivity index is 1.70. The molecule has 1 aromatic carbocycles. The molecule has 0 unspecified atom stereocenters. The molecule has 0 bridgehead atoms. The van der Waals surface area contributed by atoms with Gasteiger partial charge in [0.2, 0.25) is 11.8 Å².